The molecule has 2 aliphatic carbocycles. The Balaban J connectivity index is 1.37. The highest BCUT2D eigenvalue weighted by molar-refractivity contribution is 6.35. The summed E-state index contributed by atoms with van der Waals surface area (Å²) in [6, 6.07) is 2.23. The summed E-state index contributed by atoms with van der Waals surface area (Å²) >= 11 is 6.36. The molecule has 26 heavy (non-hydrogen) atoms. The lowest BCUT2D eigenvalue weighted by Gasteiger charge is -2.59. The Hall–Kier alpha value is -1.59. The van der Waals surface area contributed by atoms with Crippen molar-refractivity contribution in [2.75, 3.05) is 0 Å². The molecule has 1 amide bonds. The number of hydrogen-bond donors (Lipinski definition) is 2. The van der Waals surface area contributed by atoms with Gasteiger partial charge in [-0.3, -0.25) is 4.79 Å². The molecule has 138 valence electrons. The second-order valence-electron chi connectivity index (χ2n) is 8.65. The lowest BCUT2D eigenvalue weighted by Crippen LogP contribution is -2.65. The predicted molar refractivity (Wildman–Crippen MR) is 100 cm³/mol. The number of aromatic nitrogens is 2. The quantitative estimate of drug-likeness (QED) is 0.863. The fraction of sp³-hybridized carbons (Fsp3) is 0.600. The van der Waals surface area contributed by atoms with Crippen molar-refractivity contribution in [2.45, 2.75) is 69.1 Å². The van der Waals surface area contributed by atoms with Crippen LogP contribution in [0, 0.1) is 5.92 Å². The van der Waals surface area contributed by atoms with Crippen molar-refractivity contribution in [3.63, 3.8) is 0 Å². The summed E-state index contributed by atoms with van der Waals surface area (Å²) in [7, 11) is 0. The minimum Gasteiger partial charge on any atom is -0.390 e. The SMILES string of the molecule is CC(CC(=O)N1C2CC3CC1CC(O)(C3)C2)c1c[nH]c2nccc(Cl)c12. The number of hydrogen-bond acceptors (Lipinski definition) is 3. The highest BCUT2D eigenvalue weighted by Crippen LogP contribution is 2.51. The predicted octanol–water partition coefficient (Wildman–Crippen LogP) is 3.61. The molecule has 6 heteroatoms. The standard InChI is InChI=1S/C20H24ClN3O2/c1-11(15-10-23-19-18(15)16(21)2-3-22-19)4-17(25)24-13-5-12-6-14(24)9-20(26,7-12)8-13/h2-3,10-14,26H,4-9H2,1H3,(H,22,23). The molecule has 3 unspecified atom stereocenters. The number of piperidine rings is 2. The number of nitrogens with one attached hydrogen (secondary N) is 1. The first-order chi connectivity index (χ1) is 12.4. The number of aromatic amines is 1. The monoisotopic (exact) mass is 373 g/mol. The van der Waals surface area contributed by atoms with Crippen molar-refractivity contribution in [2.24, 2.45) is 5.92 Å². The van der Waals surface area contributed by atoms with E-state index in [1.54, 1.807) is 12.3 Å². The number of nitrogens with zero attached hydrogens (tertiary/aromatic N) is 2. The van der Waals surface area contributed by atoms with Gasteiger partial charge in [-0.1, -0.05) is 18.5 Å². The molecule has 0 aromatic carbocycles. The van der Waals surface area contributed by atoms with Crippen molar-refractivity contribution >= 4 is 28.5 Å². The second kappa shape index (κ2) is 5.70. The van der Waals surface area contributed by atoms with Gasteiger partial charge in [-0.05, 0) is 55.6 Å². The van der Waals surface area contributed by atoms with Gasteiger partial charge in [0.15, 0.2) is 0 Å². The minimum absolute atomic E-state index is 0.0678. The van der Waals surface area contributed by atoms with Gasteiger partial charge in [0.2, 0.25) is 5.91 Å². The lowest BCUT2D eigenvalue weighted by molar-refractivity contribution is -0.174. The van der Waals surface area contributed by atoms with Crippen LogP contribution in [0.4, 0.5) is 0 Å². The van der Waals surface area contributed by atoms with Crippen molar-refractivity contribution in [3.8, 4) is 0 Å². The van der Waals surface area contributed by atoms with Crippen LogP contribution in [-0.4, -0.2) is 43.6 Å². The first-order valence-electron chi connectivity index (χ1n) is 9.58. The van der Waals surface area contributed by atoms with E-state index in [0.29, 0.717) is 17.4 Å². The normalized spacial score (nSPS) is 33.8. The Morgan fingerprint density at radius 3 is 2.85 bits per heavy atom. The molecule has 5 nitrogen and oxygen atoms in total. The molecule has 4 aliphatic rings. The van der Waals surface area contributed by atoms with E-state index >= 15 is 0 Å². The summed E-state index contributed by atoms with van der Waals surface area (Å²) in [5.74, 6) is 0.875. The highest BCUT2D eigenvalue weighted by atomic mass is 35.5. The summed E-state index contributed by atoms with van der Waals surface area (Å²) in [6.45, 7) is 2.08. The van der Waals surface area contributed by atoms with E-state index in [1.807, 2.05) is 6.20 Å². The van der Waals surface area contributed by atoms with Crippen LogP contribution in [-0.2, 0) is 4.79 Å². The molecule has 4 bridgehead atoms. The van der Waals surface area contributed by atoms with Gasteiger partial charge in [0.25, 0.3) is 0 Å². The van der Waals surface area contributed by atoms with Crippen LogP contribution in [0.15, 0.2) is 18.5 Å². The maximum Gasteiger partial charge on any atom is 0.223 e. The van der Waals surface area contributed by atoms with Crippen LogP contribution in [0.25, 0.3) is 11.0 Å². The van der Waals surface area contributed by atoms with Crippen LogP contribution in [0.3, 0.4) is 0 Å². The van der Waals surface area contributed by atoms with Crippen molar-refractivity contribution in [1.29, 1.82) is 0 Å². The van der Waals surface area contributed by atoms with E-state index in [9.17, 15) is 9.90 Å². The average molecular weight is 374 g/mol. The summed E-state index contributed by atoms with van der Waals surface area (Å²) in [6.07, 6.45) is 8.63. The van der Waals surface area contributed by atoms with E-state index in [0.717, 1.165) is 48.7 Å². The Labute approximate surface area is 157 Å². The van der Waals surface area contributed by atoms with Crippen molar-refractivity contribution < 1.29 is 9.90 Å². The molecule has 0 spiro atoms. The Morgan fingerprint density at radius 1 is 1.42 bits per heavy atom. The van der Waals surface area contributed by atoms with Gasteiger partial charge in [-0.15, -0.1) is 0 Å². The molecule has 2 aliphatic heterocycles. The van der Waals surface area contributed by atoms with Crippen molar-refractivity contribution in [1.82, 2.24) is 14.9 Å². The fourth-order valence-corrected chi connectivity index (χ4v) is 6.15. The van der Waals surface area contributed by atoms with E-state index in [4.69, 9.17) is 11.6 Å². The first-order valence-corrected chi connectivity index (χ1v) is 9.96. The molecule has 4 heterocycles. The fourth-order valence-electron chi connectivity index (χ4n) is 5.90. The summed E-state index contributed by atoms with van der Waals surface area (Å²) < 4.78 is 0. The topological polar surface area (TPSA) is 69.2 Å². The van der Waals surface area contributed by atoms with Gasteiger partial charge in [0.05, 0.1) is 10.6 Å². The molecule has 3 atom stereocenters. The zero-order chi connectivity index (χ0) is 18.1. The van der Waals surface area contributed by atoms with Crippen LogP contribution in [0.5, 0.6) is 0 Å². The number of halogens is 1. The maximum absolute atomic E-state index is 13.1. The van der Waals surface area contributed by atoms with Gasteiger partial charge in [0.1, 0.15) is 5.65 Å². The zero-order valence-electron chi connectivity index (χ0n) is 14.9. The summed E-state index contributed by atoms with van der Waals surface area (Å²) in [5, 5.41) is 12.3. The number of fused-ring (bicyclic) bond motifs is 1. The third kappa shape index (κ3) is 2.48. The zero-order valence-corrected chi connectivity index (χ0v) is 15.7. The van der Waals surface area contributed by atoms with Gasteiger partial charge in [-0.2, -0.15) is 0 Å². The first kappa shape index (κ1) is 16.6. The molecule has 4 fully saturated rings. The number of carbonyl (C=O) groups excluding carboxylic acids is 1. The highest BCUT2D eigenvalue weighted by Gasteiger charge is 2.54. The molecule has 6 rings (SSSR count). The number of H-pyrrole nitrogens is 1. The number of aliphatic hydroxyl groups is 1. The molecule has 2 aromatic rings. The van der Waals surface area contributed by atoms with Crippen LogP contribution >= 0.6 is 11.6 Å². The van der Waals surface area contributed by atoms with E-state index < -0.39 is 5.60 Å². The number of amides is 1. The molecule has 2 saturated carbocycles. The summed E-state index contributed by atoms with van der Waals surface area (Å²) in [5.41, 5.74) is 1.30. The van der Waals surface area contributed by atoms with Gasteiger partial charge >= 0.3 is 0 Å². The van der Waals surface area contributed by atoms with Crippen LogP contribution in [0.2, 0.25) is 5.02 Å². The number of rotatable bonds is 3. The van der Waals surface area contributed by atoms with Gasteiger partial charge < -0.3 is 15.0 Å². The number of pyridine rings is 1. The van der Waals surface area contributed by atoms with E-state index in [2.05, 4.69) is 21.8 Å². The molecule has 2 saturated heterocycles. The van der Waals surface area contributed by atoms with Crippen molar-refractivity contribution in [3.05, 3.63) is 29.0 Å². The van der Waals surface area contributed by atoms with E-state index in [-0.39, 0.29) is 23.9 Å². The van der Waals surface area contributed by atoms with Gasteiger partial charge in [-0.25, -0.2) is 4.98 Å². The maximum atomic E-state index is 13.1. The minimum atomic E-state index is -0.519. The molecular weight excluding hydrogens is 350 g/mol. The average Bonchev–Trinajstić information content (AvgIpc) is 2.98. The lowest BCUT2D eigenvalue weighted by atomic mass is 9.61. The van der Waals surface area contributed by atoms with E-state index in [1.165, 1.54) is 0 Å². The van der Waals surface area contributed by atoms with Crippen LogP contribution in [0.1, 0.15) is 56.9 Å². The number of carbonyl (C=O) groups is 1. The Morgan fingerprint density at radius 2 is 2.15 bits per heavy atom. The third-order valence-electron chi connectivity index (χ3n) is 6.75. The molecule has 2 aromatic heterocycles. The Kier molecular flexibility index (Phi) is 3.63. The molecule has 0 radical (unpaired) electrons. The third-order valence-corrected chi connectivity index (χ3v) is 7.07. The Bertz CT molecular complexity index is 863. The van der Waals surface area contributed by atoms with Gasteiger partial charge in [0, 0.05) is 36.3 Å². The molecule has 2 N–H and O–H groups in total. The molecular formula is C20H24ClN3O2. The smallest absolute Gasteiger partial charge is 0.223 e. The van der Waals surface area contributed by atoms with Crippen LogP contribution < -0.4 is 0 Å². The second-order valence-corrected chi connectivity index (χ2v) is 9.06. The summed E-state index contributed by atoms with van der Waals surface area (Å²) in [4.78, 5) is 22.7. The largest absolute Gasteiger partial charge is 0.390 e.